The van der Waals surface area contributed by atoms with E-state index in [0.29, 0.717) is 23.7 Å². The van der Waals surface area contributed by atoms with Gasteiger partial charge in [0.2, 0.25) is 5.91 Å². The molecule has 1 aromatic carbocycles. The molecule has 1 aromatic rings. The monoisotopic (exact) mass is 280 g/mol. The van der Waals surface area contributed by atoms with Crippen LogP contribution in [0.3, 0.4) is 0 Å². The fraction of sp³-hybridized carbons (Fsp3) is 0.533. The second kappa shape index (κ2) is 5.41. The van der Waals surface area contributed by atoms with Crippen LogP contribution in [0.15, 0.2) is 18.2 Å². The van der Waals surface area contributed by atoms with Gasteiger partial charge >= 0.3 is 0 Å². The van der Waals surface area contributed by atoms with Crippen LogP contribution >= 0.6 is 11.6 Å². The van der Waals surface area contributed by atoms with E-state index in [1.54, 1.807) is 12.1 Å². The lowest BCUT2D eigenvalue weighted by Gasteiger charge is -2.24. The Balaban J connectivity index is 2.13. The number of carbonyl (C=O) groups is 1. The number of anilines is 1. The van der Waals surface area contributed by atoms with Gasteiger partial charge in [0.25, 0.3) is 0 Å². The normalized spacial score (nSPS) is 19.3. The van der Waals surface area contributed by atoms with Gasteiger partial charge in [-0.15, -0.1) is 0 Å². The van der Waals surface area contributed by atoms with Crippen molar-refractivity contribution in [2.75, 3.05) is 12.3 Å². The standard InChI is InChI=1S/C15H21ClN2O/c1-15(2)6-5-14(19)18(8-7-15)10-11-9-12(17)3-4-13(11)16/h3-4,9H,5-8,10,17H2,1-2H3. The van der Waals surface area contributed by atoms with Crippen molar-refractivity contribution in [2.24, 2.45) is 5.41 Å². The number of amides is 1. The highest BCUT2D eigenvalue weighted by Gasteiger charge is 2.27. The quantitative estimate of drug-likeness (QED) is 0.843. The molecule has 2 N–H and O–H groups in total. The molecular formula is C15H21ClN2O. The summed E-state index contributed by atoms with van der Waals surface area (Å²) in [5.41, 5.74) is 7.63. The molecule has 3 nitrogen and oxygen atoms in total. The summed E-state index contributed by atoms with van der Waals surface area (Å²) in [5.74, 6) is 0.212. The Labute approximate surface area is 119 Å². The third-order valence-corrected chi connectivity index (χ3v) is 4.23. The van der Waals surface area contributed by atoms with Gasteiger partial charge in [-0.25, -0.2) is 0 Å². The van der Waals surface area contributed by atoms with E-state index in [0.717, 1.165) is 24.9 Å². The number of nitrogens with zero attached hydrogens (tertiary/aromatic N) is 1. The first kappa shape index (κ1) is 14.2. The van der Waals surface area contributed by atoms with Crippen LogP contribution in [0.1, 0.15) is 38.7 Å². The zero-order valence-electron chi connectivity index (χ0n) is 11.6. The van der Waals surface area contributed by atoms with Crippen LogP contribution in [0.4, 0.5) is 5.69 Å². The van der Waals surface area contributed by atoms with E-state index in [-0.39, 0.29) is 11.3 Å². The van der Waals surface area contributed by atoms with Gasteiger partial charge in [-0.1, -0.05) is 25.4 Å². The maximum atomic E-state index is 12.2. The van der Waals surface area contributed by atoms with E-state index >= 15 is 0 Å². The highest BCUT2D eigenvalue weighted by molar-refractivity contribution is 6.31. The zero-order chi connectivity index (χ0) is 14.0. The minimum Gasteiger partial charge on any atom is -0.399 e. The molecule has 0 atom stereocenters. The molecule has 104 valence electrons. The van der Waals surface area contributed by atoms with Crippen LogP contribution in [-0.4, -0.2) is 17.4 Å². The Morgan fingerprint density at radius 3 is 2.84 bits per heavy atom. The maximum absolute atomic E-state index is 12.2. The van der Waals surface area contributed by atoms with Crippen LogP contribution in [0.25, 0.3) is 0 Å². The molecule has 1 amide bonds. The van der Waals surface area contributed by atoms with E-state index in [1.165, 1.54) is 0 Å². The predicted molar refractivity (Wildman–Crippen MR) is 78.9 cm³/mol. The van der Waals surface area contributed by atoms with Crippen molar-refractivity contribution in [1.29, 1.82) is 0 Å². The van der Waals surface area contributed by atoms with Crippen LogP contribution in [0, 0.1) is 5.41 Å². The number of halogens is 1. The molecule has 0 aromatic heterocycles. The molecule has 1 saturated heterocycles. The number of hydrogen-bond acceptors (Lipinski definition) is 2. The highest BCUT2D eigenvalue weighted by atomic mass is 35.5. The number of hydrogen-bond donors (Lipinski definition) is 1. The van der Waals surface area contributed by atoms with Crippen LogP contribution in [0.2, 0.25) is 5.02 Å². The molecule has 1 heterocycles. The number of rotatable bonds is 2. The second-order valence-corrected chi connectivity index (χ2v) is 6.49. The smallest absolute Gasteiger partial charge is 0.222 e. The molecule has 19 heavy (non-hydrogen) atoms. The SMILES string of the molecule is CC1(C)CCC(=O)N(Cc2cc(N)ccc2Cl)CC1. The first-order chi connectivity index (χ1) is 8.87. The molecular weight excluding hydrogens is 260 g/mol. The maximum Gasteiger partial charge on any atom is 0.222 e. The molecule has 0 unspecified atom stereocenters. The molecule has 0 bridgehead atoms. The largest absolute Gasteiger partial charge is 0.399 e. The fourth-order valence-corrected chi connectivity index (χ4v) is 2.56. The number of benzene rings is 1. The van der Waals surface area contributed by atoms with E-state index < -0.39 is 0 Å². The van der Waals surface area contributed by atoms with Crippen molar-refractivity contribution < 1.29 is 4.79 Å². The van der Waals surface area contributed by atoms with Gasteiger partial charge in [0.1, 0.15) is 0 Å². The number of likely N-dealkylation sites (tertiary alicyclic amines) is 1. The van der Waals surface area contributed by atoms with Crippen molar-refractivity contribution in [3.8, 4) is 0 Å². The van der Waals surface area contributed by atoms with Gasteiger partial charge < -0.3 is 10.6 Å². The summed E-state index contributed by atoms with van der Waals surface area (Å²) in [4.78, 5) is 14.1. The second-order valence-electron chi connectivity index (χ2n) is 6.08. The molecule has 0 radical (unpaired) electrons. The van der Waals surface area contributed by atoms with Crippen LogP contribution in [0.5, 0.6) is 0 Å². The lowest BCUT2D eigenvalue weighted by molar-refractivity contribution is -0.131. The van der Waals surface area contributed by atoms with Crippen molar-refractivity contribution in [2.45, 2.75) is 39.7 Å². The third-order valence-electron chi connectivity index (χ3n) is 3.86. The van der Waals surface area contributed by atoms with Crippen molar-refractivity contribution in [3.05, 3.63) is 28.8 Å². The minimum absolute atomic E-state index is 0.212. The van der Waals surface area contributed by atoms with Gasteiger partial charge in [-0.2, -0.15) is 0 Å². The molecule has 0 aliphatic carbocycles. The Kier molecular flexibility index (Phi) is 4.04. The zero-order valence-corrected chi connectivity index (χ0v) is 12.3. The van der Waals surface area contributed by atoms with Gasteiger partial charge in [0.15, 0.2) is 0 Å². The summed E-state index contributed by atoms with van der Waals surface area (Å²) >= 11 is 6.17. The van der Waals surface area contributed by atoms with Gasteiger partial charge in [-0.3, -0.25) is 4.79 Å². The number of carbonyl (C=O) groups excluding carboxylic acids is 1. The summed E-state index contributed by atoms with van der Waals surface area (Å²) in [6, 6.07) is 5.42. The van der Waals surface area contributed by atoms with Gasteiger partial charge in [-0.05, 0) is 42.0 Å². The van der Waals surface area contributed by atoms with Crippen LogP contribution < -0.4 is 5.73 Å². The Morgan fingerprint density at radius 1 is 1.37 bits per heavy atom. The highest BCUT2D eigenvalue weighted by Crippen LogP contribution is 2.31. The lowest BCUT2D eigenvalue weighted by atomic mass is 9.85. The molecule has 1 aliphatic heterocycles. The third kappa shape index (κ3) is 3.63. The average Bonchev–Trinajstić information content (AvgIpc) is 2.47. The lowest BCUT2D eigenvalue weighted by Crippen LogP contribution is -2.30. The summed E-state index contributed by atoms with van der Waals surface area (Å²) in [5, 5.41) is 0.672. The van der Waals surface area contributed by atoms with Crippen molar-refractivity contribution >= 4 is 23.2 Å². The van der Waals surface area contributed by atoms with Crippen molar-refractivity contribution in [3.63, 3.8) is 0 Å². The molecule has 0 saturated carbocycles. The summed E-state index contributed by atoms with van der Waals surface area (Å²) in [6.45, 7) is 5.78. The number of nitrogens with two attached hydrogens (primary N) is 1. The summed E-state index contributed by atoms with van der Waals surface area (Å²) in [6.07, 6.45) is 2.60. The Morgan fingerprint density at radius 2 is 2.11 bits per heavy atom. The first-order valence-electron chi connectivity index (χ1n) is 6.69. The molecule has 4 heteroatoms. The summed E-state index contributed by atoms with van der Waals surface area (Å²) < 4.78 is 0. The van der Waals surface area contributed by atoms with E-state index in [2.05, 4.69) is 13.8 Å². The Bertz CT molecular complexity index is 485. The van der Waals surface area contributed by atoms with Crippen LogP contribution in [-0.2, 0) is 11.3 Å². The van der Waals surface area contributed by atoms with Crippen molar-refractivity contribution in [1.82, 2.24) is 4.90 Å². The average molecular weight is 281 g/mol. The van der Waals surface area contributed by atoms with E-state index in [9.17, 15) is 4.79 Å². The van der Waals surface area contributed by atoms with Gasteiger partial charge in [0, 0.05) is 30.2 Å². The Hall–Kier alpha value is -1.22. The topological polar surface area (TPSA) is 46.3 Å². The predicted octanol–water partition coefficient (Wildman–Crippen LogP) is 3.46. The minimum atomic E-state index is 0.212. The van der Waals surface area contributed by atoms with E-state index in [1.807, 2.05) is 11.0 Å². The first-order valence-corrected chi connectivity index (χ1v) is 7.07. The molecule has 1 fully saturated rings. The molecule has 1 aliphatic rings. The fourth-order valence-electron chi connectivity index (χ4n) is 2.38. The summed E-state index contributed by atoms with van der Waals surface area (Å²) in [7, 11) is 0. The van der Waals surface area contributed by atoms with E-state index in [4.69, 9.17) is 17.3 Å². The molecule has 0 spiro atoms. The molecule has 2 rings (SSSR count). The van der Waals surface area contributed by atoms with Gasteiger partial charge in [0.05, 0.1) is 0 Å². The number of nitrogen functional groups attached to an aromatic ring is 1.